The summed E-state index contributed by atoms with van der Waals surface area (Å²) in [4.78, 5) is 21.1. The molecule has 4 rings (SSSR count). The van der Waals surface area contributed by atoms with E-state index in [0.717, 1.165) is 46.2 Å². The monoisotopic (exact) mass is 357 g/mol. The molecule has 1 atom stereocenters. The molecular formula is C19H20FN3OS. The minimum atomic E-state index is -0.260. The van der Waals surface area contributed by atoms with Crippen LogP contribution in [-0.4, -0.2) is 32.8 Å². The maximum Gasteiger partial charge on any atom is 0.266 e. The molecule has 2 aromatic heterocycles. The van der Waals surface area contributed by atoms with Crippen molar-refractivity contribution in [2.45, 2.75) is 39.2 Å². The van der Waals surface area contributed by atoms with Crippen molar-refractivity contribution in [2.75, 3.05) is 6.54 Å². The smallest absolute Gasteiger partial charge is 0.266 e. The molecule has 1 aromatic carbocycles. The number of fused-ring (bicyclic) bond motifs is 1. The molecule has 0 aliphatic carbocycles. The van der Waals surface area contributed by atoms with Crippen molar-refractivity contribution >= 4 is 22.2 Å². The second-order valence-corrected chi connectivity index (χ2v) is 7.62. The molecule has 0 bridgehead atoms. The molecule has 3 heterocycles. The van der Waals surface area contributed by atoms with Gasteiger partial charge in [0.05, 0.1) is 5.69 Å². The van der Waals surface area contributed by atoms with E-state index >= 15 is 0 Å². The third-order valence-electron chi connectivity index (χ3n) is 4.95. The van der Waals surface area contributed by atoms with Crippen LogP contribution in [0.25, 0.3) is 16.2 Å². The highest BCUT2D eigenvalue weighted by molar-refractivity contribution is 7.19. The maximum absolute atomic E-state index is 13.1. The second kappa shape index (κ2) is 6.26. The Balaban J connectivity index is 1.68. The number of carbonyl (C=O) groups is 1. The van der Waals surface area contributed by atoms with Gasteiger partial charge in [0.2, 0.25) is 0 Å². The zero-order valence-electron chi connectivity index (χ0n) is 14.3. The Morgan fingerprint density at radius 3 is 2.72 bits per heavy atom. The van der Waals surface area contributed by atoms with Crippen molar-refractivity contribution in [1.82, 2.24) is 14.3 Å². The number of likely N-dealkylation sites (tertiary alicyclic amines) is 1. The zero-order chi connectivity index (χ0) is 17.6. The van der Waals surface area contributed by atoms with Gasteiger partial charge in [0, 0.05) is 30.0 Å². The van der Waals surface area contributed by atoms with Crippen molar-refractivity contribution in [3.05, 3.63) is 46.9 Å². The Hall–Kier alpha value is -2.21. The summed E-state index contributed by atoms with van der Waals surface area (Å²) >= 11 is 1.43. The second-order valence-electron chi connectivity index (χ2n) is 6.65. The number of aromatic nitrogens is 2. The fraction of sp³-hybridized carbons (Fsp3) is 0.368. The average molecular weight is 357 g/mol. The quantitative estimate of drug-likeness (QED) is 0.676. The van der Waals surface area contributed by atoms with Gasteiger partial charge in [-0.15, -0.1) is 0 Å². The molecular weight excluding hydrogens is 337 g/mol. The van der Waals surface area contributed by atoms with E-state index < -0.39 is 0 Å². The van der Waals surface area contributed by atoms with E-state index in [2.05, 4.69) is 11.9 Å². The molecule has 1 aliphatic rings. The number of imidazole rings is 1. The van der Waals surface area contributed by atoms with Crippen molar-refractivity contribution in [2.24, 2.45) is 0 Å². The van der Waals surface area contributed by atoms with E-state index in [0.29, 0.717) is 6.04 Å². The van der Waals surface area contributed by atoms with Gasteiger partial charge in [-0.1, -0.05) is 11.3 Å². The zero-order valence-corrected chi connectivity index (χ0v) is 15.1. The number of benzene rings is 1. The summed E-state index contributed by atoms with van der Waals surface area (Å²) in [5.74, 6) is -0.145. The van der Waals surface area contributed by atoms with Crippen molar-refractivity contribution in [3.63, 3.8) is 0 Å². The van der Waals surface area contributed by atoms with E-state index in [1.165, 1.54) is 29.9 Å². The lowest BCUT2D eigenvalue weighted by molar-refractivity contribution is 0.0639. The highest BCUT2D eigenvalue weighted by atomic mass is 32.1. The van der Waals surface area contributed by atoms with E-state index in [4.69, 9.17) is 0 Å². The lowest BCUT2D eigenvalue weighted by Crippen LogP contribution is -2.41. The number of aryl methyl sites for hydroxylation is 1. The van der Waals surface area contributed by atoms with Crippen LogP contribution >= 0.6 is 11.3 Å². The van der Waals surface area contributed by atoms with Gasteiger partial charge in [-0.05, 0) is 57.4 Å². The molecule has 0 N–H and O–H groups in total. The summed E-state index contributed by atoms with van der Waals surface area (Å²) < 4.78 is 15.1. The normalized spacial score (nSPS) is 18.0. The van der Waals surface area contributed by atoms with Gasteiger partial charge in [0.1, 0.15) is 10.7 Å². The van der Waals surface area contributed by atoms with E-state index in [1.807, 2.05) is 22.4 Å². The molecule has 1 saturated heterocycles. The van der Waals surface area contributed by atoms with Gasteiger partial charge in [-0.25, -0.2) is 9.37 Å². The Morgan fingerprint density at radius 1 is 1.28 bits per heavy atom. The van der Waals surface area contributed by atoms with E-state index in [1.54, 1.807) is 12.1 Å². The van der Waals surface area contributed by atoms with Crippen LogP contribution in [0.3, 0.4) is 0 Å². The number of rotatable bonds is 2. The summed E-state index contributed by atoms with van der Waals surface area (Å²) in [7, 11) is 0. The summed E-state index contributed by atoms with van der Waals surface area (Å²) in [5, 5.41) is 0. The van der Waals surface area contributed by atoms with Gasteiger partial charge < -0.3 is 4.90 Å². The number of hydrogen-bond donors (Lipinski definition) is 0. The first kappa shape index (κ1) is 16.3. The van der Waals surface area contributed by atoms with Crippen LogP contribution in [0.1, 0.15) is 41.6 Å². The number of thiazole rings is 1. The van der Waals surface area contributed by atoms with Gasteiger partial charge in [-0.3, -0.25) is 9.20 Å². The molecule has 130 valence electrons. The predicted molar refractivity (Wildman–Crippen MR) is 97.5 cm³/mol. The topological polar surface area (TPSA) is 37.6 Å². The molecule has 25 heavy (non-hydrogen) atoms. The molecule has 0 saturated carbocycles. The third-order valence-corrected chi connectivity index (χ3v) is 6.10. The number of halogens is 1. The Bertz CT molecular complexity index is 928. The molecule has 4 nitrogen and oxygen atoms in total. The molecule has 1 fully saturated rings. The summed E-state index contributed by atoms with van der Waals surface area (Å²) in [6.45, 7) is 4.92. The number of amides is 1. The first-order valence-corrected chi connectivity index (χ1v) is 9.41. The number of hydrogen-bond acceptors (Lipinski definition) is 3. The minimum Gasteiger partial charge on any atom is -0.335 e. The standard InChI is InChI=1S/C19H20FN3OS/c1-12-5-3-4-10-22(12)18(24)17-13(2)23-11-16(21-19(23)25-17)14-6-8-15(20)9-7-14/h6-9,11-12H,3-5,10H2,1-2H3/t12-/m0/s1. The summed E-state index contributed by atoms with van der Waals surface area (Å²) in [5.41, 5.74) is 2.58. The van der Waals surface area contributed by atoms with Crippen LogP contribution in [0, 0.1) is 12.7 Å². The highest BCUT2D eigenvalue weighted by Gasteiger charge is 2.27. The Labute approximate surface area is 149 Å². The van der Waals surface area contributed by atoms with Crippen LogP contribution < -0.4 is 0 Å². The molecule has 0 radical (unpaired) electrons. The summed E-state index contributed by atoms with van der Waals surface area (Å²) in [6, 6.07) is 6.60. The van der Waals surface area contributed by atoms with Crippen LogP contribution in [0.5, 0.6) is 0 Å². The van der Waals surface area contributed by atoms with Crippen LogP contribution in [0.2, 0.25) is 0 Å². The molecule has 1 aliphatic heterocycles. The molecule has 0 unspecified atom stereocenters. The van der Waals surface area contributed by atoms with Gasteiger partial charge >= 0.3 is 0 Å². The third kappa shape index (κ3) is 2.84. The predicted octanol–water partition coefficient (Wildman–Crippen LogP) is 4.52. The van der Waals surface area contributed by atoms with E-state index in [9.17, 15) is 9.18 Å². The maximum atomic E-state index is 13.1. The lowest BCUT2D eigenvalue weighted by Gasteiger charge is -2.33. The van der Waals surface area contributed by atoms with E-state index in [-0.39, 0.29) is 11.7 Å². The number of piperidine rings is 1. The SMILES string of the molecule is Cc1c(C(=O)N2CCCC[C@@H]2C)sc2nc(-c3ccc(F)cc3)cn12. The molecule has 3 aromatic rings. The molecule has 6 heteroatoms. The first-order chi connectivity index (χ1) is 12.0. The first-order valence-electron chi connectivity index (χ1n) is 8.60. The van der Waals surface area contributed by atoms with Crippen molar-refractivity contribution in [1.29, 1.82) is 0 Å². The van der Waals surface area contributed by atoms with Crippen molar-refractivity contribution in [3.8, 4) is 11.3 Å². The minimum absolute atomic E-state index is 0.114. The molecule has 1 amide bonds. The van der Waals surface area contributed by atoms with Crippen LogP contribution in [-0.2, 0) is 0 Å². The van der Waals surface area contributed by atoms with Gasteiger partial charge in [-0.2, -0.15) is 0 Å². The van der Waals surface area contributed by atoms with Crippen LogP contribution in [0.15, 0.2) is 30.5 Å². The Morgan fingerprint density at radius 2 is 2.04 bits per heavy atom. The van der Waals surface area contributed by atoms with Gasteiger partial charge in [0.15, 0.2) is 4.96 Å². The largest absolute Gasteiger partial charge is 0.335 e. The number of nitrogens with zero attached hydrogens (tertiary/aromatic N) is 3. The molecule has 0 spiro atoms. The fourth-order valence-corrected chi connectivity index (χ4v) is 4.50. The fourth-order valence-electron chi connectivity index (χ4n) is 3.44. The average Bonchev–Trinajstić information content (AvgIpc) is 3.15. The van der Waals surface area contributed by atoms with Crippen molar-refractivity contribution < 1.29 is 9.18 Å². The Kier molecular flexibility index (Phi) is 4.07. The summed E-state index contributed by atoms with van der Waals surface area (Å²) in [6.07, 6.45) is 5.26. The van der Waals surface area contributed by atoms with Crippen LogP contribution in [0.4, 0.5) is 4.39 Å². The lowest BCUT2D eigenvalue weighted by atomic mass is 10.0. The number of carbonyl (C=O) groups excluding carboxylic acids is 1. The highest BCUT2D eigenvalue weighted by Crippen LogP contribution is 2.29. The van der Waals surface area contributed by atoms with Gasteiger partial charge in [0.25, 0.3) is 5.91 Å².